The number of hydrogen-bond acceptors (Lipinski definition) is 12. The van der Waals surface area contributed by atoms with E-state index in [0.29, 0.717) is 52.0 Å². The van der Waals surface area contributed by atoms with Gasteiger partial charge in [-0.3, -0.25) is 14.2 Å². The number of sulfonamides is 2. The van der Waals surface area contributed by atoms with Crippen molar-refractivity contribution < 1.29 is 54.6 Å². The molecule has 0 spiro atoms. The van der Waals surface area contributed by atoms with Crippen molar-refractivity contribution in [3.63, 3.8) is 0 Å². The van der Waals surface area contributed by atoms with Crippen LogP contribution in [0.1, 0.15) is 91.4 Å². The highest BCUT2D eigenvalue weighted by molar-refractivity contribution is 7.89. The molecule has 70 heavy (non-hydrogen) atoms. The van der Waals surface area contributed by atoms with Crippen molar-refractivity contribution in [2.24, 2.45) is 0 Å². The summed E-state index contributed by atoms with van der Waals surface area (Å²) in [6.45, 7) is 12.7. The van der Waals surface area contributed by atoms with E-state index in [2.05, 4.69) is 20.8 Å². The number of aryl methyl sites for hydroxylation is 2. The summed E-state index contributed by atoms with van der Waals surface area (Å²) in [6, 6.07) is 9.17. The summed E-state index contributed by atoms with van der Waals surface area (Å²) in [6.07, 6.45) is 2.19. The van der Waals surface area contributed by atoms with Gasteiger partial charge >= 0.3 is 12.2 Å². The number of nitrogens with one attached hydrogen (secondary N) is 2. The van der Waals surface area contributed by atoms with Crippen LogP contribution in [-0.2, 0) is 62.1 Å². The van der Waals surface area contributed by atoms with Gasteiger partial charge < -0.3 is 25.2 Å². The molecule has 2 aromatic heterocycles. The molecule has 0 saturated carbocycles. The van der Waals surface area contributed by atoms with Crippen LogP contribution in [0.4, 0.5) is 18.4 Å². The zero-order chi connectivity index (χ0) is 53.1. The van der Waals surface area contributed by atoms with Crippen LogP contribution in [0.3, 0.4) is 0 Å². The molecule has 4 aromatic rings. The van der Waals surface area contributed by atoms with Gasteiger partial charge in [0.05, 0.1) is 46.8 Å². The van der Waals surface area contributed by atoms with Gasteiger partial charge in [-0.1, -0.05) is 35.3 Å². The first kappa shape index (κ1) is 59.1. The Morgan fingerprint density at radius 2 is 1.10 bits per heavy atom. The molecule has 2 amide bonds. The van der Waals surface area contributed by atoms with Crippen molar-refractivity contribution in [3.05, 3.63) is 115 Å². The fraction of sp³-hybridized carbons (Fsp3) is 0.457. The SMILES string of the molecule is Cc1nn(C/C(F)=C/CNC(=O)OC(C)(C)C)c(C=O)c1Cc1ccc(S(=O)(=O)N(C)C)c(Cl)c1.Cc1nn(C/C(F)=C/CNC(=O)OC(C)(C)C)c(CO)c1Cc1ccc(S(=O)(=O)N(C)C)c(Cl)c1. The Hall–Kier alpha value is -5.23. The number of ether oxygens (including phenoxy) is 2. The van der Waals surface area contributed by atoms with Gasteiger partial charge in [-0.25, -0.2) is 43.8 Å². The number of carbonyl (C=O) groups excluding carboxylic acids is 3. The number of alkyl carbamates (subject to hydrolysis) is 2. The molecule has 0 atom stereocenters. The average Bonchev–Trinajstić information content (AvgIpc) is 3.67. The zero-order valence-electron chi connectivity index (χ0n) is 41.3. The lowest BCUT2D eigenvalue weighted by atomic mass is 10.0. The second-order valence-electron chi connectivity index (χ2n) is 18.1. The molecule has 4 rings (SSSR count). The number of rotatable bonds is 18. The molecule has 0 saturated heterocycles. The third-order valence-electron chi connectivity index (χ3n) is 9.73. The highest BCUT2D eigenvalue weighted by atomic mass is 35.5. The van der Waals surface area contributed by atoms with Crippen molar-refractivity contribution in [1.29, 1.82) is 0 Å². The summed E-state index contributed by atoms with van der Waals surface area (Å²) in [5, 5.41) is 23.6. The Kier molecular flexibility index (Phi) is 20.9. The van der Waals surface area contributed by atoms with Crippen molar-refractivity contribution in [3.8, 4) is 0 Å². The largest absolute Gasteiger partial charge is 0.444 e. The molecule has 18 nitrogen and oxygen atoms in total. The predicted octanol–water partition coefficient (Wildman–Crippen LogP) is 7.43. The Morgan fingerprint density at radius 1 is 0.714 bits per heavy atom. The molecule has 0 aliphatic heterocycles. The number of aliphatic hydroxyl groups is 1. The van der Waals surface area contributed by atoms with Crippen LogP contribution in [0.5, 0.6) is 0 Å². The van der Waals surface area contributed by atoms with Crippen molar-refractivity contribution in [1.82, 2.24) is 38.8 Å². The number of halogens is 4. The highest BCUT2D eigenvalue weighted by Gasteiger charge is 2.24. The Bertz CT molecular complexity index is 2820. The molecule has 0 aliphatic rings. The van der Waals surface area contributed by atoms with E-state index in [-0.39, 0.29) is 64.7 Å². The van der Waals surface area contributed by atoms with E-state index in [9.17, 15) is 45.1 Å². The Balaban J connectivity index is 0.000000370. The van der Waals surface area contributed by atoms with Crippen LogP contribution >= 0.6 is 23.2 Å². The number of aldehydes is 1. The smallest absolute Gasteiger partial charge is 0.407 e. The molecule has 2 heterocycles. The summed E-state index contributed by atoms with van der Waals surface area (Å²) in [7, 11) is -1.72. The lowest BCUT2D eigenvalue weighted by Crippen LogP contribution is -2.32. The van der Waals surface area contributed by atoms with Gasteiger partial charge in [-0.05, 0) is 103 Å². The molecule has 0 unspecified atom stereocenters. The van der Waals surface area contributed by atoms with Crippen molar-refractivity contribution in [2.75, 3.05) is 41.3 Å². The minimum atomic E-state index is -3.70. The van der Waals surface area contributed by atoms with Gasteiger partial charge in [0.1, 0.15) is 38.3 Å². The molecule has 0 fully saturated rings. The predicted molar refractivity (Wildman–Crippen MR) is 262 cm³/mol. The number of allylic oxidation sites excluding steroid dienone is 2. The molecule has 3 N–H and O–H groups in total. The molecule has 2 aromatic carbocycles. The van der Waals surface area contributed by atoms with Crippen LogP contribution in [0.2, 0.25) is 10.0 Å². The number of amides is 2. The quantitative estimate of drug-likeness (QED) is 0.0828. The normalized spacial score (nSPS) is 12.7. The summed E-state index contributed by atoms with van der Waals surface area (Å²) in [4.78, 5) is 35.1. The third-order valence-corrected chi connectivity index (χ3v) is 14.3. The molecular weight excluding hydrogens is 998 g/mol. The van der Waals surface area contributed by atoms with E-state index < -0.39 is 55.1 Å². The molecule has 0 radical (unpaired) electrons. The Morgan fingerprint density at radius 3 is 1.47 bits per heavy atom. The summed E-state index contributed by atoms with van der Waals surface area (Å²) < 4.78 is 93.4. The maximum atomic E-state index is 14.5. The molecular formula is C46H62Cl2F2N8O10S2. The summed E-state index contributed by atoms with van der Waals surface area (Å²) >= 11 is 12.5. The van der Waals surface area contributed by atoms with Crippen LogP contribution in [0.15, 0.2) is 70.0 Å². The van der Waals surface area contributed by atoms with Crippen molar-refractivity contribution >= 4 is 61.7 Å². The molecule has 386 valence electrons. The number of aliphatic hydroxyl groups excluding tert-OH is 1. The van der Waals surface area contributed by atoms with Crippen LogP contribution in [0, 0.1) is 13.8 Å². The van der Waals surface area contributed by atoms with E-state index in [0.717, 1.165) is 8.61 Å². The van der Waals surface area contributed by atoms with Gasteiger partial charge in [0.15, 0.2) is 6.29 Å². The third kappa shape index (κ3) is 17.0. The van der Waals surface area contributed by atoms with Crippen LogP contribution in [0.25, 0.3) is 0 Å². The number of aromatic nitrogens is 4. The lowest BCUT2D eigenvalue weighted by molar-refractivity contribution is 0.0522. The van der Waals surface area contributed by atoms with E-state index in [1.165, 1.54) is 67.9 Å². The lowest BCUT2D eigenvalue weighted by Gasteiger charge is -2.19. The monoisotopic (exact) mass is 1060 g/mol. The summed E-state index contributed by atoms with van der Waals surface area (Å²) in [5.41, 5.74) is 3.03. The fourth-order valence-electron chi connectivity index (χ4n) is 6.37. The first-order valence-corrected chi connectivity index (χ1v) is 25.2. The van der Waals surface area contributed by atoms with E-state index >= 15 is 0 Å². The van der Waals surface area contributed by atoms with Crippen LogP contribution < -0.4 is 10.6 Å². The van der Waals surface area contributed by atoms with E-state index in [1.807, 2.05) is 0 Å². The maximum absolute atomic E-state index is 14.5. The number of nitrogens with zero attached hydrogens (tertiary/aromatic N) is 6. The minimum Gasteiger partial charge on any atom is -0.444 e. The van der Waals surface area contributed by atoms with Gasteiger partial charge in [0.25, 0.3) is 0 Å². The first-order valence-electron chi connectivity index (χ1n) is 21.5. The first-order chi connectivity index (χ1) is 32.3. The zero-order valence-corrected chi connectivity index (χ0v) is 44.4. The van der Waals surface area contributed by atoms with Gasteiger partial charge in [0.2, 0.25) is 20.0 Å². The maximum Gasteiger partial charge on any atom is 0.407 e. The van der Waals surface area contributed by atoms with Crippen molar-refractivity contribution in [2.45, 2.75) is 109 Å². The fourth-order valence-corrected chi connectivity index (χ4v) is 9.24. The van der Waals surface area contributed by atoms with Gasteiger partial charge in [-0.2, -0.15) is 10.2 Å². The number of carbonyl (C=O) groups is 3. The minimum absolute atomic E-state index is 0.00471. The van der Waals surface area contributed by atoms with E-state index in [4.69, 9.17) is 32.7 Å². The average molecular weight is 1060 g/mol. The number of benzene rings is 2. The van der Waals surface area contributed by atoms with E-state index in [1.54, 1.807) is 73.6 Å². The van der Waals surface area contributed by atoms with Crippen LogP contribution in [-0.4, -0.2) is 121 Å². The highest BCUT2D eigenvalue weighted by Crippen LogP contribution is 2.29. The Labute approximate surface area is 418 Å². The second kappa shape index (κ2) is 24.7. The van der Waals surface area contributed by atoms with Gasteiger partial charge in [-0.15, -0.1) is 0 Å². The van der Waals surface area contributed by atoms with Gasteiger partial charge in [0, 0.05) is 65.2 Å². The molecule has 0 aliphatic carbocycles. The standard InChI is InChI=1S/C23H32ClFN4O5S.C23H30ClFN4O5S/c2*1-15-18(11-16-7-8-21(19(24)12-16)35(32,33)28(5)6)20(14-30)29(27-15)13-17(25)9-10-26-22(31)34-23(2,3)4/h7-9,12,30H,10-11,13-14H2,1-6H3,(H,26,31);7-9,12,14H,10-11,13H2,1-6H3,(H,26,31)/b2*17-9-. The molecule has 0 bridgehead atoms. The molecule has 24 heteroatoms. The summed E-state index contributed by atoms with van der Waals surface area (Å²) in [5.74, 6) is -1.15. The second-order valence-corrected chi connectivity index (χ2v) is 23.1. The topological polar surface area (TPSA) is 224 Å². The number of hydrogen-bond donors (Lipinski definition) is 3.